The molecular weight excluding hydrogens is 118 g/mol. The van der Waals surface area contributed by atoms with Crippen molar-refractivity contribution in [3.63, 3.8) is 0 Å². The Morgan fingerprint density at radius 2 is 2.62 bits per heavy atom. The van der Waals surface area contributed by atoms with Gasteiger partial charge in [0.05, 0.1) is 0 Å². The fraction of sp³-hybridized carbons (Fsp3) is 0.167. The van der Waals surface area contributed by atoms with Crippen LogP contribution in [-0.4, -0.2) is 0 Å². The molecule has 43 valence electrons. The van der Waals surface area contributed by atoms with E-state index in [-0.39, 0.29) is 0 Å². The van der Waals surface area contributed by atoms with Crippen molar-refractivity contribution in [2.75, 3.05) is 5.32 Å². The van der Waals surface area contributed by atoms with Crippen LogP contribution < -0.4 is 5.32 Å². The number of nitrogens with one attached hydrogen (secondary N) is 1. The van der Waals surface area contributed by atoms with Crippen molar-refractivity contribution in [1.29, 1.82) is 0 Å². The number of hydrogen-bond acceptors (Lipinski definition) is 2. The number of hydrogen-bond donors (Lipinski definition) is 1. The van der Waals surface area contributed by atoms with E-state index in [1.165, 1.54) is 5.69 Å². The van der Waals surface area contributed by atoms with Crippen LogP contribution in [0.1, 0.15) is 6.92 Å². The Labute approximate surface area is 53.4 Å². The average Bonchev–Trinajstić information content (AvgIpc) is 2.19. The van der Waals surface area contributed by atoms with Crippen molar-refractivity contribution < 1.29 is 0 Å². The molecular formula is C6H8NS. The van der Waals surface area contributed by atoms with Gasteiger partial charge in [-0.3, -0.25) is 0 Å². The van der Waals surface area contributed by atoms with Gasteiger partial charge in [0.25, 0.3) is 0 Å². The summed E-state index contributed by atoms with van der Waals surface area (Å²) in [5.41, 5.74) is 1.18. The second kappa shape index (κ2) is 2.72. The van der Waals surface area contributed by atoms with E-state index >= 15 is 0 Å². The minimum Gasteiger partial charge on any atom is -0.380 e. The van der Waals surface area contributed by atoms with Gasteiger partial charge in [-0.2, -0.15) is 11.3 Å². The van der Waals surface area contributed by atoms with Crippen LogP contribution in [0.25, 0.3) is 0 Å². The lowest BCUT2D eigenvalue weighted by Gasteiger charge is -1.93. The fourth-order valence-corrected chi connectivity index (χ4v) is 1.11. The highest BCUT2D eigenvalue weighted by Crippen LogP contribution is 2.11. The molecule has 0 unspecified atom stereocenters. The number of anilines is 1. The van der Waals surface area contributed by atoms with Gasteiger partial charge in [-0.15, -0.1) is 0 Å². The zero-order valence-corrected chi connectivity index (χ0v) is 5.53. The maximum atomic E-state index is 3.07. The Bertz CT molecular complexity index is 134. The largest absolute Gasteiger partial charge is 0.380 e. The van der Waals surface area contributed by atoms with E-state index in [4.69, 9.17) is 0 Å². The molecule has 1 nitrogen and oxygen atoms in total. The monoisotopic (exact) mass is 126 g/mol. The third-order valence-electron chi connectivity index (χ3n) is 0.832. The molecule has 0 spiro atoms. The molecule has 0 saturated heterocycles. The van der Waals surface area contributed by atoms with E-state index in [1.54, 1.807) is 11.3 Å². The molecule has 0 atom stereocenters. The molecule has 0 aromatic carbocycles. The van der Waals surface area contributed by atoms with Crippen LogP contribution in [0, 0.1) is 6.54 Å². The van der Waals surface area contributed by atoms with Gasteiger partial charge >= 0.3 is 0 Å². The summed E-state index contributed by atoms with van der Waals surface area (Å²) in [6.07, 6.45) is 0. The molecule has 0 bridgehead atoms. The van der Waals surface area contributed by atoms with E-state index < -0.39 is 0 Å². The lowest BCUT2D eigenvalue weighted by molar-refractivity contribution is 1.40. The molecule has 8 heavy (non-hydrogen) atoms. The first-order valence-corrected chi connectivity index (χ1v) is 3.44. The fourth-order valence-electron chi connectivity index (χ4n) is 0.513. The topological polar surface area (TPSA) is 12.0 Å². The molecule has 1 aromatic rings. The van der Waals surface area contributed by atoms with Gasteiger partial charge in [-0.25, -0.2) is 0 Å². The summed E-state index contributed by atoms with van der Waals surface area (Å²) < 4.78 is 0. The highest BCUT2D eigenvalue weighted by molar-refractivity contribution is 7.08. The molecule has 1 rings (SSSR count). The van der Waals surface area contributed by atoms with Crippen molar-refractivity contribution >= 4 is 17.0 Å². The molecule has 0 aliphatic heterocycles. The maximum Gasteiger partial charge on any atom is 0.0451 e. The molecule has 2 heteroatoms. The Morgan fingerprint density at radius 3 is 3.12 bits per heavy atom. The van der Waals surface area contributed by atoms with E-state index in [0.717, 1.165) is 0 Å². The minimum atomic E-state index is 1.18. The smallest absolute Gasteiger partial charge is 0.0451 e. The Balaban J connectivity index is 2.50. The van der Waals surface area contributed by atoms with Crippen molar-refractivity contribution in [1.82, 2.24) is 0 Å². The third-order valence-corrected chi connectivity index (χ3v) is 1.52. The van der Waals surface area contributed by atoms with Crippen molar-refractivity contribution in [2.24, 2.45) is 0 Å². The van der Waals surface area contributed by atoms with Crippen LogP contribution in [-0.2, 0) is 0 Å². The molecule has 0 amide bonds. The quantitative estimate of drug-likeness (QED) is 0.641. The maximum absolute atomic E-state index is 3.07. The van der Waals surface area contributed by atoms with Gasteiger partial charge in [0.15, 0.2) is 0 Å². The van der Waals surface area contributed by atoms with Crippen molar-refractivity contribution in [3.05, 3.63) is 23.4 Å². The summed E-state index contributed by atoms with van der Waals surface area (Å²) in [7, 11) is 0. The van der Waals surface area contributed by atoms with Gasteiger partial charge in [0, 0.05) is 17.6 Å². The standard InChI is InChI=1S/C6H8NS/c1-2-7-6-3-4-8-5-6/h2-5,7H,1H3. The lowest BCUT2D eigenvalue weighted by atomic mass is 10.5. The summed E-state index contributed by atoms with van der Waals surface area (Å²) in [6.45, 7) is 3.89. The minimum absolute atomic E-state index is 1.18. The van der Waals surface area contributed by atoms with Crippen LogP contribution in [0.15, 0.2) is 16.8 Å². The van der Waals surface area contributed by atoms with Crippen molar-refractivity contribution in [2.45, 2.75) is 6.92 Å². The summed E-state index contributed by atoms with van der Waals surface area (Å²) in [5, 5.41) is 7.19. The lowest BCUT2D eigenvalue weighted by Crippen LogP contribution is -1.85. The Hall–Kier alpha value is -0.500. The molecule has 1 N–H and O–H groups in total. The molecule has 0 aliphatic rings. The molecule has 1 aromatic heterocycles. The second-order valence-electron chi connectivity index (χ2n) is 1.45. The predicted molar refractivity (Wildman–Crippen MR) is 37.9 cm³/mol. The summed E-state index contributed by atoms with van der Waals surface area (Å²) in [4.78, 5) is 0. The normalized spacial score (nSPS) is 9.12. The average molecular weight is 126 g/mol. The van der Waals surface area contributed by atoms with Crippen LogP contribution in [0.4, 0.5) is 5.69 Å². The first-order chi connectivity index (χ1) is 3.93. The highest BCUT2D eigenvalue weighted by Gasteiger charge is 1.84. The van der Waals surface area contributed by atoms with E-state index in [1.807, 2.05) is 24.9 Å². The molecule has 1 heterocycles. The molecule has 1 radical (unpaired) electrons. The van der Waals surface area contributed by atoms with E-state index in [2.05, 4.69) is 10.7 Å². The summed E-state index contributed by atoms with van der Waals surface area (Å²) in [6, 6.07) is 2.05. The van der Waals surface area contributed by atoms with Crippen LogP contribution in [0.3, 0.4) is 0 Å². The van der Waals surface area contributed by atoms with Gasteiger partial charge in [-0.1, -0.05) is 0 Å². The summed E-state index contributed by atoms with van der Waals surface area (Å²) >= 11 is 1.70. The zero-order valence-electron chi connectivity index (χ0n) is 4.72. The Kier molecular flexibility index (Phi) is 1.92. The van der Waals surface area contributed by atoms with Gasteiger partial charge in [0.2, 0.25) is 0 Å². The third kappa shape index (κ3) is 1.23. The SMILES string of the molecule is C[CH]Nc1ccsc1. The number of thiophene rings is 1. The highest BCUT2D eigenvalue weighted by atomic mass is 32.1. The molecule has 0 fully saturated rings. The first kappa shape index (κ1) is 5.63. The summed E-state index contributed by atoms with van der Waals surface area (Å²) in [5.74, 6) is 0. The van der Waals surface area contributed by atoms with Crippen LogP contribution in [0.5, 0.6) is 0 Å². The second-order valence-corrected chi connectivity index (χ2v) is 2.23. The number of rotatable bonds is 2. The van der Waals surface area contributed by atoms with E-state index in [9.17, 15) is 0 Å². The van der Waals surface area contributed by atoms with Gasteiger partial charge < -0.3 is 5.32 Å². The Morgan fingerprint density at radius 1 is 1.75 bits per heavy atom. The molecule has 0 saturated carbocycles. The molecule has 0 aliphatic carbocycles. The van der Waals surface area contributed by atoms with Crippen LogP contribution >= 0.6 is 11.3 Å². The first-order valence-electron chi connectivity index (χ1n) is 2.50. The van der Waals surface area contributed by atoms with Gasteiger partial charge in [-0.05, 0) is 18.4 Å². The van der Waals surface area contributed by atoms with Crippen LogP contribution in [0.2, 0.25) is 0 Å². The van der Waals surface area contributed by atoms with E-state index in [0.29, 0.717) is 0 Å². The zero-order chi connectivity index (χ0) is 5.82. The predicted octanol–water partition coefficient (Wildman–Crippen LogP) is 2.34. The van der Waals surface area contributed by atoms with Gasteiger partial charge in [0.1, 0.15) is 0 Å². The van der Waals surface area contributed by atoms with Crippen molar-refractivity contribution in [3.8, 4) is 0 Å².